The second kappa shape index (κ2) is 5.62. The summed E-state index contributed by atoms with van der Waals surface area (Å²) in [5.41, 5.74) is 8.85. The maximum atomic E-state index is 6.22. The number of benzene rings is 1. The van der Waals surface area contributed by atoms with Crippen LogP contribution in [-0.2, 0) is 13.0 Å². The van der Waals surface area contributed by atoms with Gasteiger partial charge in [-0.1, -0.05) is 31.5 Å². The van der Waals surface area contributed by atoms with Crippen LogP contribution >= 0.6 is 0 Å². The second-order valence-electron chi connectivity index (χ2n) is 7.30. The summed E-state index contributed by atoms with van der Waals surface area (Å²) in [4.78, 5) is 2.54. The molecule has 1 aromatic rings. The number of ether oxygens (including phenoxy) is 1. The molecule has 2 aliphatic heterocycles. The molecule has 2 unspecified atom stereocenters. The molecule has 116 valence electrons. The number of piperidine rings is 1. The zero-order valence-electron chi connectivity index (χ0n) is 13.6. The third-order valence-electron chi connectivity index (χ3n) is 4.97. The molecule has 2 N–H and O–H groups in total. The van der Waals surface area contributed by atoms with E-state index in [1.54, 1.807) is 0 Å². The molecule has 1 fully saturated rings. The zero-order valence-corrected chi connectivity index (χ0v) is 13.6. The van der Waals surface area contributed by atoms with Crippen LogP contribution in [0.1, 0.15) is 44.7 Å². The van der Waals surface area contributed by atoms with Crippen molar-refractivity contribution in [2.45, 2.75) is 58.2 Å². The van der Waals surface area contributed by atoms with Gasteiger partial charge in [0.1, 0.15) is 11.4 Å². The summed E-state index contributed by atoms with van der Waals surface area (Å²) in [6.45, 7) is 9.80. The summed E-state index contributed by atoms with van der Waals surface area (Å²) < 4.78 is 6.19. The first kappa shape index (κ1) is 14.9. The average Bonchev–Trinajstić information content (AvgIpc) is 2.76. The number of para-hydroxylation sites is 1. The van der Waals surface area contributed by atoms with Crippen molar-refractivity contribution in [1.29, 1.82) is 0 Å². The molecule has 1 aromatic carbocycles. The van der Waals surface area contributed by atoms with E-state index in [1.165, 1.54) is 17.5 Å². The quantitative estimate of drug-likeness (QED) is 0.929. The van der Waals surface area contributed by atoms with E-state index >= 15 is 0 Å². The molecular weight excluding hydrogens is 260 g/mol. The Labute approximate surface area is 128 Å². The minimum absolute atomic E-state index is 0.0609. The van der Waals surface area contributed by atoms with E-state index in [0.717, 1.165) is 38.2 Å². The molecule has 2 atom stereocenters. The van der Waals surface area contributed by atoms with Crippen LogP contribution in [0.25, 0.3) is 0 Å². The van der Waals surface area contributed by atoms with Gasteiger partial charge in [-0.2, -0.15) is 0 Å². The SMILES string of the molecule is CCC1CN(Cc2cccc3c2OC(C)(C)C3)CCC1N. The van der Waals surface area contributed by atoms with Crippen LogP contribution < -0.4 is 10.5 Å². The van der Waals surface area contributed by atoms with E-state index < -0.39 is 0 Å². The van der Waals surface area contributed by atoms with Gasteiger partial charge in [-0.15, -0.1) is 0 Å². The summed E-state index contributed by atoms with van der Waals surface area (Å²) >= 11 is 0. The summed E-state index contributed by atoms with van der Waals surface area (Å²) in [5, 5.41) is 0. The smallest absolute Gasteiger partial charge is 0.127 e. The number of hydrogen-bond acceptors (Lipinski definition) is 3. The highest BCUT2D eigenvalue weighted by atomic mass is 16.5. The van der Waals surface area contributed by atoms with Crippen molar-refractivity contribution >= 4 is 0 Å². The van der Waals surface area contributed by atoms with Crippen molar-refractivity contribution in [3.63, 3.8) is 0 Å². The standard InChI is InChI=1S/C18H28N2O/c1-4-13-11-20(9-8-16(13)19)12-15-7-5-6-14-10-18(2,3)21-17(14)15/h5-7,13,16H,4,8-12,19H2,1-3H3. The Balaban J connectivity index is 1.74. The molecule has 0 bridgehead atoms. The molecule has 3 nitrogen and oxygen atoms in total. The highest BCUT2D eigenvalue weighted by Gasteiger charge is 2.32. The Bertz CT molecular complexity index is 512. The molecule has 0 aromatic heterocycles. The number of hydrogen-bond donors (Lipinski definition) is 1. The Morgan fingerprint density at radius 3 is 2.95 bits per heavy atom. The fourth-order valence-electron chi connectivity index (χ4n) is 3.75. The Kier molecular flexibility index (Phi) is 3.98. The van der Waals surface area contributed by atoms with Crippen molar-refractivity contribution in [1.82, 2.24) is 4.90 Å². The summed E-state index contributed by atoms with van der Waals surface area (Å²) in [5.74, 6) is 1.76. The van der Waals surface area contributed by atoms with Crippen LogP contribution in [0.5, 0.6) is 5.75 Å². The van der Waals surface area contributed by atoms with Crippen molar-refractivity contribution in [2.75, 3.05) is 13.1 Å². The van der Waals surface area contributed by atoms with Crippen LogP contribution in [0, 0.1) is 5.92 Å². The summed E-state index contributed by atoms with van der Waals surface area (Å²) in [6.07, 6.45) is 3.30. The van der Waals surface area contributed by atoms with Gasteiger partial charge in [-0.05, 0) is 38.3 Å². The topological polar surface area (TPSA) is 38.5 Å². The zero-order chi connectivity index (χ0) is 15.0. The van der Waals surface area contributed by atoms with Gasteiger partial charge in [-0.25, -0.2) is 0 Å². The van der Waals surface area contributed by atoms with E-state index in [9.17, 15) is 0 Å². The Morgan fingerprint density at radius 2 is 2.19 bits per heavy atom. The van der Waals surface area contributed by atoms with Gasteiger partial charge in [0.25, 0.3) is 0 Å². The predicted molar refractivity (Wildman–Crippen MR) is 86.5 cm³/mol. The maximum absolute atomic E-state index is 6.22. The highest BCUT2D eigenvalue weighted by molar-refractivity contribution is 5.45. The van der Waals surface area contributed by atoms with E-state index in [1.807, 2.05) is 0 Å². The Morgan fingerprint density at radius 1 is 1.38 bits per heavy atom. The molecule has 0 spiro atoms. The maximum Gasteiger partial charge on any atom is 0.127 e. The number of nitrogens with zero attached hydrogens (tertiary/aromatic N) is 1. The molecule has 3 heteroatoms. The second-order valence-corrected chi connectivity index (χ2v) is 7.30. The highest BCUT2D eigenvalue weighted by Crippen LogP contribution is 2.38. The van der Waals surface area contributed by atoms with Crippen LogP contribution in [0.15, 0.2) is 18.2 Å². The van der Waals surface area contributed by atoms with Crippen LogP contribution in [0.2, 0.25) is 0 Å². The van der Waals surface area contributed by atoms with Gasteiger partial charge < -0.3 is 10.5 Å². The molecule has 2 heterocycles. The molecule has 0 aliphatic carbocycles. The van der Waals surface area contributed by atoms with Crippen molar-refractivity contribution in [3.8, 4) is 5.75 Å². The number of rotatable bonds is 3. The van der Waals surface area contributed by atoms with Gasteiger partial charge in [0.2, 0.25) is 0 Å². The summed E-state index contributed by atoms with van der Waals surface area (Å²) in [7, 11) is 0. The van der Waals surface area contributed by atoms with Crippen molar-refractivity contribution in [2.24, 2.45) is 11.7 Å². The first-order valence-electron chi connectivity index (χ1n) is 8.26. The van der Waals surface area contributed by atoms with Crippen LogP contribution in [0.4, 0.5) is 0 Å². The lowest BCUT2D eigenvalue weighted by molar-refractivity contribution is 0.127. The van der Waals surface area contributed by atoms with Gasteiger partial charge in [0, 0.05) is 31.1 Å². The third kappa shape index (κ3) is 3.09. The molecular formula is C18H28N2O. The first-order valence-corrected chi connectivity index (χ1v) is 8.26. The Hall–Kier alpha value is -1.06. The molecule has 2 aliphatic rings. The monoisotopic (exact) mass is 288 g/mol. The van der Waals surface area contributed by atoms with Crippen LogP contribution in [0.3, 0.4) is 0 Å². The fourth-order valence-corrected chi connectivity index (χ4v) is 3.75. The lowest BCUT2D eigenvalue weighted by Gasteiger charge is -2.36. The van der Waals surface area contributed by atoms with Crippen molar-refractivity contribution < 1.29 is 4.74 Å². The van der Waals surface area contributed by atoms with Crippen molar-refractivity contribution in [3.05, 3.63) is 29.3 Å². The molecule has 3 rings (SSSR count). The molecule has 0 radical (unpaired) electrons. The fraction of sp³-hybridized carbons (Fsp3) is 0.667. The largest absolute Gasteiger partial charge is 0.487 e. The van der Waals surface area contributed by atoms with E-state index in [0.29, 0.717) is 12.0 Å². The lowest BCUT2D eigenvalue weighted by Crippen LogP contribution is -2.46. The van der Waals surface area contributed by atoms with Gasteiger partial charge in [-0.3, -0.25) is 4.90 Å². The summed E-state index contributed by atoms with van der Waals surface area (Å²) in [6, 6.07) is 6.97. The molecule has 21 heavy (non-hydrogen) atoms. The third-order valence-corrected chi connectivity index (χ3v) is 4.97. The number of nitrogens with two attached hydrogens (primary N) is 1. The predicted octanol–water partition coefficient (Wildman–Crippen LogP) is 2.96. The van der Waals surface area contributed by atoms with E-state index in [-0.39, 0.29) is 5.60 Å². The minimum Gasteiger partial charge on any atom is -0.487 e. The number of likely N-dealkylation sites (tertiary alicyclic amines) is 1. The van der Waals surface area contributed by atoms with Gasteiger partial charge >= 0.3 is 0 Å². The number of fused-ring (bicyclic) bond motifs is 1. The van der Waals surface area contributed by atoms with E-state index in [4.69, 9.17) is 10.5 Å². The van der Waals surface area contributed by atoms with Gasteiger partial charge in [0.05, 0.1) is 0 Å². The molecule has 0 saturated carbocycles. The lowest BCUT2D eigenvalue weighted by atomic mass is 9.90. The molecule has 0 amide bonds. The average molecular weight is 288 g/mol. The van der Waals surface area contributed by atoms with E-state index in [2.05, 4.69) is 43.9 Å². The normalized spacial score (nSPS) is 28.2. The van der Waals surface area contributed by atoms with Gasteiger partial charge in [0.15, 0.2) is 0 Å². The first-order chi connectivity index (χ1) is 9.98. The molecule has 1 saturated heterocycles. The van der Waals surface area contributed by atoms with Crippen LogP contribution in [-0.4, -0.2) is 29.6 Å². The minimum atomic E-state index is -0.0609.